The Labute approximate surface area is 168 Å². The number of sulfonamides is 1. The number of carbonyl (C=O) groups is 1. The number of nitrogens with one attached hydrogen (secondary N) is 1. The fourth-order valence-corrected chi connectivity index (χ4v) is 4.54. The van der Waals surface area contributed by atoms with Gasteiger partial charge >= 0.3 is 0 Å². The van der Waals surface area contributed by atoms with Gasteiger partial charge in [-0.15, -0.1) is 10.2 Å². The Morgan fingerprint density at radius 1 is 1.26 bits per heavy atom. The second kappa shape index (κ2) is 9.63. The lowest BCUT2D eigenvalue weighted by Gasteiger charge is -2.19. The highest BCUT2D eigenvalue weighted by atomic mass is 32.2. The molecular weight excluding hydrogens is 404 g/mol. The average molecular weight is 429 g/mol. The zero-order valence-electron chi connectivity index (χ0n) is 15.8. The number of anilines is 1. The number of aromatic nitrogens is 2. The van der Waals surface area contributed by atoms with E-state index in [4.69, 9.17) is 0 Å². The van der Waals surface area contributed by atoms with Gasteiger partial charge in [0, 0.05) is 12.3 Å². The van der Waals surface area contributed by atoms with Crippen molar-refractivity contribution in [3.05, 3.63) is 35.4 Å². The Morgan fingerprint density at radius 3 is 2.52 bits per heavy atom. The van der Waals surface area contributed by atoms with Gasteiger partial charge < -0.3 is 0 Å². The molecule has 1 amide bonds. The van der Waals surface area contributed by atoms with Crippen molar-refractivity contribution < 1.29 is 13.2 Å². The van der Waals surface area contributed by atoms with E-state index in [1.165, 1.54) is 11.3 Å². The smallest absolute Gasteiger partial charge is 0.241 e. The van der Waals surface area contributed by atoms with Gasteiger partial charge in [-0.2, -0.15) is 4.31 Å². The molecule has 0 aliphatic rings. The molecule has 0 atom stereocenters. The van der Waals surface area contributed by atoms with Crippen LogP contribution in [0.2, 0.25) is 0 Å². The van der Waals surface area contributed by atoms with E-state index in [1.54, 1.807) is 11.8 Å². The van der Waals surface area contributed by atoms with Crippen LogP contribution in [0.15, 0.2) is 28.6 Å². The predicted molar refractivity (Wildman–Crippen MR) is 111 cm³/mol. The normalized spacial score (nSPS) is 11.9. The predicted octanol–water partition coefficient (Wildman–Crippen LogP) is 2.99. The van der Waals surface area contributed by atoms with Crippen molar-refractivity contribution >= 4 is 44.2 Å². The molecule has 0 bridgehead atoms. The number of hydrogen-bond acceptors (Lipinski definition) is 7. The fourth-order valence-electron chi connectivity index (χ4n) is 2.06. The number of amides is 1. The number of rotatable bonds is 9. The molecule has 0 saturated carbocycles. The van der Waals surface area contributed by atoms with Crippen LogP contribution in [0.25, 0.3) is 0 Å². The first-order valence-electron chi connectivity index (χ1n) is 8.40. The molecule has 1 aromatic carbocycles. The second-order valence-electron chi connectivity index (χ2n) is 6.64. The van der Waals surface area contributed by atoms with Crippen LogP contribution < -0.4 is 5.32 Å². The Kier molecular flexibility index (Phi) is 7.78. The van der Waals surface area contributed by atoms with E-state index in [9.17, 15) is 13.2 Å². The molecule has 0 aliphatic carbocycles. The first kappa shape index (κ1) is 21.8. The molecule has 0 radical (unpaired) electrons. The largest absolute Gasteiger partial charge is 0.299 e. The second-order valence-corrected chi connectivity index (χ2v) is 10.9. The average Bonchev–Trinajstić information content (AvgIpc) is 3.01. The molecule has 0 aliphatic heterocycles. The Hall–Kier alpha value is -1.49. The zero-order chi connectivity index (χ0) is 20.0. The Balaban J connectivity index is 1.98. The number of hydrogen-bond donors (Lipinski definition) is 1. The van der Waals surface area contributed by atoms with Crippen LogP contribution in [0.4, 0.5) is 5.13 Å². The molecule has 1 aromatic heterocycles. The van der Waals surface area contributed by atoms with Gasteiger partial charge in [-0.25, -0.2) is 8.42 Å². The maximum atomic E-state index is 12.3. The number of carbonyl (C=O) groups excluding carboxylic acids is 1. The van der Waals surface area contributed by atoms with Gasteiger partial charge in [0.2, 0.25) is 21.1 Å². The summed E-state index contributed by atoms with van der Waals surface area (Å²) < 4.78 is 26.0. The van der Waals surface area contributed by atoms with E-state index in [0.29, 0.717) is 11.0 Å². The van der Waals surface area contributed by atoms with Crippen LogP contribution in [0.3, 0.4) is 0 Å². The molecule has 0 fully saturated rings. The summed E-state index contributed by atoms with van der Waals surface area (Å²) in [4.78, 5) is 12.3. The summed E-state index contributed by atoms with van der Waals surface area (Å²) in [5.74, 6) is 1.01. The molecule has 10 heteroatoms. The van der Waals surface area contributed by atoms with Gasteiger partial charge in [-0.3, -0.25) is 10.1 Å². The van der Waals surface area contributed by atoms with Gasteiger partial charge in [0.15, 0.2) is 4.34 Å². The van der Waals surface area contributed by atoms with Crippen LogP contribution >= 0.6 is 23.1 Å². The van der Waals surface area contributed by atoms with E-state index in [2.05, 4.69) is 29.4 Å². The van der Waals surface area contributed by atoms with Crippen molar-refractivity contribution in [2.24, 2.45) is 5.92 Å². The topological polar surface area (TPSA) is 92.3 Å². The highest BCUT2D eigenvalue weighted by Gasteiger charge is 2.21. The lowest BCUT2D eigenvalue weighted by molar-refractivity contribution is -0.116. The van der Waals surface area contributed by atoms with Crippen molar-refractivity contribution in [3.8, 4) is 0 Å². The molecule has 1 heterocycles. The summed E-state index contributed by atoms with van der Waals surface area (Å²) in [6.07, 6.45) is 1.10. The summed E-state index contributed by atoms with van der Waals surface area (Å²) in [5, 5.41) is 11.0. The third kappa shape index (κ3) is 7.57. The molecule has 0 spiro atoms. The molecule has 148 valence electrons. The van der Waals surface area contributed by atoms with E-state index in [1.807, 2.05) is 31.2 Å². The minimum Gasteiger partial charge on any atom is -0.299 e. The third-order valence-electron chi connectivity index (χ3n) is 3.46. The summed E-state index contributed by atoms with van der Waals surface area (Å²) in [5.41, 5.74) is 1.91. The summed E-state index contributed by atoms with van der Waals surface area (Å²) >= 11 is 2.87. The van der Waals surface area contributed by atoms with Crippen molar-refractivity contribution in [2.45, 2.75) is 31.7 Å². The fraction of sp³-hybridized carbons (Fsp3) is 0.471. The number of thioether (sulfide) groups is 1. The highest BCUT2D eigenvalue weighted by Crippen LogP contribution is 2.26. The van der Waals surface area contributed by atoms with Crippen LogP contribution in [-0.2, 0) is 21.4 Å². The minimum absolute atomic E-state index is 0.137. The molecule has 0 unspecified atom stereocenters. The van der Waals surface area contributed by atoms with Gasteiger partial charge in [-0.05, 0) is 18.4 Å². The number of benzene rings is 1. The van der Waals surface area contributed by atoms with E-state index in [-0.39, 0.29) is 13.1 Å². The summed E-state index contributed by atoms with van der Waals surface area (Å²) in [6, 6.07) is 7.53. The zero-order valence-corrected chi connectivity index (χ0v) is 18.2. The van der Waals surface area contributed by atoms with E-state index in [0.717, 1.165) is 31.8 Å². The van der Waals surface area contributed by atoms with Crippen molar-refractivity contribution in [1.29, 1.82) is 0 Å². The molecule has 2 aromatic rings. The molecular formula is C17H24N4O3S3. The van der Waals surface area contributed by atoms with Gasteiger partial charge in [0.1, 0.15) is 0 Å². The van der Waals surface area contributed by atoms with Crippen molar-refractivity contribution in [1.82, 2.24) is 14.5 Å². The maximum Gasteiger partial charge on any atom is 0.241 e. The number of aryl methyl sites for hydroxylation is 1. The Bertz CT molecular complexity index is 864. The maximum absolute atomic E-state index is 12.3. The SMILES string of the molecule is Cc1ccc(CN(CC(=O)Nc2nnc(SCC(C)C)s2)S(C)(=O)=O)cc1. The Morgan fingerprint density at radius 2 is 1.93 bits per heavy atom. The van der Waals surface area contributed by atoms with Gasteiger partial charge in [0.25, 0.3) is 0 Å². The lowest BCUT2D eigenvalue weighted by Crippen LogP contribution is -2.36. The van der Waals surface area contributed by atoms with Crippen LogP contribution in [0.1, 0.15) is 25.0 Å². The molecule has 7 nitrogen and oxygen atoms in total. The monoisotopic (exact) mass is 428 g/mol. The lowest BCUT2D eigenvalue weighted by atomic mass is 10.1. The highest BCUT2D eigenvalue weighted by molar-refractivity contribution is 8.01. The van der Waals surface area contributed by atoms with Crippen molar-refractivity contribution in [2.75, 3.05) is 23.9 Å². The molecule has 27 heavy (non-hydrogen) atoms. The van der Waals surface area contributed by atoms with Crippen LogP contribution in [0, 0.1) is 12.8 Å². The molecule has 1 N–H and O–H groups in total. The van der Waals surface area contributed by atoms with E-state index < -0.39 is 15.9 Å². The first-order valence-corrected chi connectivity index (χ1v) is 12.1. The first-order chi connectivity index (χ1) is 12.6. The van der Waals surface area contributed by atoms with Crippen LogP contribution in [0.5, 0.6) is 0 Å². The molecule has 2 rings (SSSR count). The standard InChI is InChI=1S/C17H24N4O3S3/c1-12(2)11-25-17-20-19-16(26-17)18-15(22)10-21(27(4,23)24)9-14-7-5-13(3)6-8-14/h5-8,12H,9-11H2,1-4H3,(H,18,19,22). The quantitative estimate of drug-likeness (QED) is 0.488. The van der Waals surface area contributed by atoms with Crippen molar-refractivity contribution in [3.63, 3.8) is 0 Å². The van der Waals surface area contributed by atoms with Gasteiger partial charge in [0.05, 0.1) is 12.8 Å². The summed E-state index contributed by atoms with van der Waals surface area (Å²) in [6.45, 7) is 6.05. The third-order valence-corrected chi connectivity index (χ3v) is 7.06. The van der Waals surface area contributed by atoms with E-state index >= 15 is 0 Å². The molecule has 0 saturated heterocycles. The minimum atomic E-state index is -3.54. The van der Waals surface area contributed by atoms with Gasteiger partial charge in [-0.1, -0.05) is 66.8 Å². The van der Waals surface area contributed by atoms with Crippen LogP contribution in [-0.4, -0.2) is 47.4 Å². The number of nitrogens with zero attached hydrogens (tertiary/aromatic N) is 3. The summed E-state index contributed by atoms with van der Waals surface area (Å²) in [7, 11) is -3.54.